The second-order valence-corrected chi connectivity index (χ2v) is 6.70. The lowest BCUT2D eigenvalue weighted by molar-refractivity contribution is -0.136. The van der Waals surface area contributed by atoms with Crippen LogP contribution in [0.2, 0.25) is 5.02 Å². The highest BCUT2D eigenvalue weighted by atomic mass is 35.5. The van der Waals surface area contributed by atoms with Gasteiger partial charge in [-0.25, -0.2) is 0 Å². The predicted octanol–water partition coefficient (Wildman–Crippen LogP) is 3.57. The molecule has 1 fully saturated rings. The van der Waals surface area contributed by atoms with Crippen molar-refractivity contribution < 1.29 is 4.79 Å². The molecule has 4 rings (SSSR count). The Morgan fingerprint density at radius 2 is 2.00 bits per heavy atom. The number of nitrogens with zero attached hydrogens (tertiary/aromatic N) is 1. The molecular weight excluding hydrogens is 343 g/mol. The zero-order valence-corrected chi connectivity index (χ0v) is 14.8. The molecule has 0 bridgehead atoms. The van der Waals surface area contributed by atoms with Gasteiger partial charge < -0.3 is 10.2 Å². The van der Waals surface area contributed by atoms with Crippen molar-refractivity contribution in [1.82, 2.24) is 10.2 Å². The number of carbonyl (C=O) groups excluding carboxylic acids is 1. The van der Waals surface area contributed by atoms with Crippen LogP contribution < -0.4 is 5.32 Å². The average molecular weight is 363 g/mol. The van der Waals surface area contributed by atoms with Gasteiger partial charge in [-0.3, -0.25) is 4.79 Å². The predicted molar refractivity (Wildman–Crippen MR) is 98.9 cm³/mol. The summed E-state index contributed by atoms with van der Waals surface area (Å²) < 4.78 is 0. The molecule has 2 aliphatic rings. The summed E-state index contributed by atoms with van der Waals surface area (Å²) >= 11 is 6.14. The van der Waals surface area contributed by atoms with E-state index in [9.17, 15) is 4.79 Å². The van der Waals surface area contributed by atoms with Crippen molar-refractivity contribution in [3.8, 4) is 0 Å². The van der Waals surface area contributed by atoms with E-state index in [-0.39, 0.29) is 30.3 Å². The van der Waals surface area contributed by atoms with Crippen LogP contribution in [-0.2, 0) is 11.2 Å². The zero-order chi connectivity index (χ0) is 15.8. The van der Waals surface area contributed by atoms with E-state index in [1.54, 1.807) is 0 Å². The average Bonchev–Trinajstić information content (AvgIpc) is 2.56. The first kappa shape index (κ1) is 17.3. The minimum atomic E-state index is 0. The van der Waals surface area contributed by atoms with Crippen LogP contribution in [0.3, 0.4) is 0 Å². The number of hydrogen-bond acceptors (Lipinski definition) is 2. The summed E-state index contributed by atoms with van der Waals surface area (Å²) in [5.74, 6) is 0.265. The second kappa shape index (κ2) is 7.14. The summed E-state index contributed by atoms with van der Waals surface area (Å²) in [6.07, 6.45) is 0.862. The van der Waals surface area contributed by atoms with E-state index in [2.05, 4.69) is 23.5 Å². The first-order valence-corrected chi connectivity index (χ1v) is 8.46. The van der Waals surface area contributed by atoms with Gasteiger partial charge in [-0.15, -0.1) is 12.4 Å². The third-order valence-corrected chi connectivity index (χ3v) is 5.15. The summed E-state index contributed by atoms with van der Waals surface area (Å²) in [4.78, 5) is 15.1. The number of rotatable bonds is 2. The summed E-state index contributed by atoms with van der Waals surface area (Å²) in [6.45, 7) is 2.37. The van der Waals surface area contributed by atoms with Crippen LogP contribution in [0.5, 0.6) is 0 Å². The number of nitrogens with one attached hydrogen (secondary N) is 1. The Morgan fingerprint density at radius 3 is 2.79 bits per heavy atom. The fraction of sp³-hybridized carbons (Fsp3) is 0.316. The molecule has 1 N–H and O–H groups in total. The molecular formula is C19H20Cl2N2O. The Balaban J connectivity index is 0.00000169. The quantitative estimate of drug-likeness (QED) is 0.885. The summed E-state index contributed by atoms with van der Waals surface area (Å²) in [7, 11) is 0. The molecule has 1 aliphatic heterocycles. The van der Waals surface area contributed by atoms with E-state index in [4.69, 9.17) is 11.6 Å². The molecule has 1 amide bonds. The van der Waals surface area contributed by atoms with Crippen molar-refractivity contribution in [1.29, 1.82) is 0 Å². The number of fused-ring (bicyclic) bond motifs is 1. The normalized spacial score (nSPS) is 22.1. The van der Waals surface area contributed by atoms with Gasteiger partial charge in [-0.2, -0.15) is 0 Å². The first-order chi connectivity index (χ1) is 11.2. The van der Waals surface area contributed by atoms with Crippen molar-refractivity contribution in [2.24, 2.45) is 0 Å². The monoisotopic (exact) mass is 362 g/mol. The van der Waals surface area contributed by atoms with Gasteiger partial charge in [0, 0.05) is 24.7 Å². The van der Waals surface area contributed by atoms with E-state index in [0.29, 0.717) is 0 Å². The molecule has 2 aromatic rings. The highest BCUT2D eigenvalue weighted by Crippen LogP contribution is 2.38. The minimum Gasteiger partial charge on any atom is -0.333 e. The van der Waals surface area contributed by atoms with Crippen molar-refractivity contribution >= 4 is 29.9 Å². The molecule has 2 aromatic carbocycles. The SMILES string of the molecule is Cl.O=C(C1Cc2ccccc21)N1CCNCC1c1cccc(Cl)c1. The lowest BCUT2D eigenvalue weighted by Crippen LogP contribution is -2.51. The Morgan fingerprint density at radius 1 is 1.17 bits per heavy atom. The third-order valence-electron chi connectivity index (χ3n) is 4.91. The van der Waals surface area contributed by atoms with Crippen molar-refractivity contribution in [2.75, 3.05) is 19.6 Å². The number of carbonyl (C=O) groups is 1. The van der Waals surface area contributed by atoms with E-state index < -0.39 is 0 Å². The molecule has 1 aliphatic carbocycles. The molecule has 0 saturated carbocycles. The lowest BCUT2D eigenvalue weighted by Gasteiger charge is -2.41. The molecule has 2 atom stereocenters. The standard InChI is InChI=1S/C19H19ClN2O.ClH/c20-15-6-3-5-14(10-15)18-12-21-8-9-22(18)19(23)17-11-13-4-1-2-7-16(13)17;/h1-7,10,17-18,21H,8-9,11-12H2;1H. The molecule has 3 nitrogen and oxygen atoms in total. The largest absolute Gasteiger partial charge is 0.333 e. The Bertz CT molecular complexity index is 750. The van der Waals surface area contributed by atoms with Crippen molar-refractivity contribution in [2.45, 2.75) is 18.4 Å². The molecule has 0 radical (unpaired) electrons. The van der Waals surface area contributed by atoms with E-state index in [0.717, 1.165) is 36.6 Å². The van der Waals surface area contributed by atoms with Gasteiger partial charge in [-0.1, -0.05) is 48.0 Å². The maximum absolute atomic E-state index is 13.1. The van der Waals surface area contributed by atoms with Gasteiger partial charge in [0.05, 0.1) is 12.0 Å². The van der Waals surface area contributed by atoms with Gasteiger partial charge in [0.15, 0.2) is 0 Å². The number of benzene rings is 2. The first-order valence-electron chi connectivity index (χ1n) is 8.08. The fourth-order valence-corrected chi connectivity index (χ4v) is 3.86. The van der Waals surface area contributed by atoms with Crippen molar-refractivity contribution in [3.63, 3.8) is 0 Å². The van der Waals surface area contributed by atoms with Crippen LogP contribution in [-0.4, -0.2) is 30.4 Å². The Hall–Kier alpha value is -1.55. The van der Waals surface area contributed by atoms with Gasteiger partial charge in [0.1, 0.15) is 0 Å². The number of amides is 1. The summed E-state index contributed by atoms with van der Waals surface area (Å²) in [6, 6.07) is 16.2. The Kier molecular flexibility index (Phi) is 5.14. The summed E-state index contributed by atoms with van der Waals surface area (Å²) in [5, 5.41) is 4.11. The van der Waals surface area contributed by atoms with E-state index >= 15 is 0 Å². The Labute approximate surface area is 153 Å². The highest BCUT2D eigenvalue weighted by molar-refractivity contribution is 6.30. The topological polar surface area (TPSA) is 32.3 Å². The third kappa shape index (κ3) is 3.04. The lowest BCUT2D eigenvalue weighted by atomic mass is 9.76. The van der Waals surface area contributed by atoms with Crippen LogP contribution in [0.25, 0.3) is 0 Å². The smallest absolute Gasteiger partial charge is 0.231 e. The molecule has 1 heterocycles. The second-order valence-electron chi connectivity index (χ2n) is 6.26. The maximum atomic E-state index is 13.1. The molecule has 5 heteroatoms. The maximum Gasteiger partial charge on any atom is 0.231 e. The van der Waals surface area contributed by atoms with Crippen LogP contribution in [0.4, 0.5) is 0 Å². The van der Waals surface area contributed by atoms with Crippen LogP contribution in [0.15, 0.2) is 48.5 Å². The molecule has 2 unspecified atom stereocenters. The van der Waals surface area contributed by atoms with Gasteiger partial charge in [-0.05, 0) is 35.2 Å². The van der Waals surface area contributed by atoms with Crippen LogP contribution in [0.1, 0.15) is 28.7 Å². The van der Waals surface area contributed by atoms with Crippen LogP contribution >= 0.6 is 24.0 Å². The molecule has 0 aromatic heterocycles. The molecule has 1 saturated heterocycles. The summed E-state index contributed by atoms with van der Waals surface area (Å²) in [5.41, 5.74) is 3.60. The number of piperazine rings is 1. The minimum absolute atomic E-state index is 0. The fourth-order valence-electron chi connectivity index (χ4n) is 3.66. The number of halogens is 2. The van der Waals surface area contributed by atoms with E-state index in [1.807, 2.05) is 35.2 Å². The van der Waals surface area contributed by atoms with Gasteiger partial charge >= 0.3 is 0 Å². The zero-order valence-electron chi connectivity index (χ0n) is 13.2. The molecule has 126 valence electrons. The van der Waals surface area contributed by atoms with Gasteiger partial charge in [0.2, 0.25) is 5.91 Å². The van der Waals surface area contributed by atoms with E-state index in [1.165, 1.54) is 11.1 Å². The van der Waals surface area contributed by atoms with Crippen molar-refractivity contribution in [3.05, 3.63) is 70.2 Å². The molecule has 24 heavy (non-hydrogen) atoms. The molecule has 0 spiro atoms. The van der Waals surface area contributed by atoms with Crippen LogP contribution in [0, 0.1) is 0 Å². The van der Waals surface area contributed by atoms with Gasteiger partial charge in [0.25, 0.3) is 0 Å². The number of hydrogen-bond donors (Lipinski definition) is 1. The highest BCUT2D eigenvalue weighted by Gasteiger charge is 2.38.